The predicted molar refractivity (Wildman–Crippen MR) is 212 cm³/mol. The van der Waals surface area contributed by atoms with Crippen LogP contribution in [0.5, 0.6) is 11.5 Å². The van der Waals surface area contributed by atoms with Crippen LogP contribution < -0.4 is 19.7 Å². The van der Waals surface area contributed by atoms with E-state index in [-0.39, 0.29) is 17.0 Å². The number of nitrogens with one attached hydrogen (secondary N) is 2. The molecule has 54 heavy (non-hydrogen) atoms. The minimum Gasteiger partial charge on any atom is -0.456 e. The number of amides is 1. The van der Waals surface area contributed by atoms with Gasteiger partial charge in [-0.25, -0.2) is 13.1 Å². The van der Waals surface area contributed by atoms with E-state index in [1.807, 2.05) is 61.5 Å². The van der Waals surface area contributed by atoms with Crippen molar-refractivity contribution in [1.29, 1.82) is 0 Å². The third kappa shape index (κ3) is 9.54. The number of carbonyl (C=O) groups excluding carboxylic acids is 1. The molecule has 14 heteroatoms. The topological polar surface area (TPSA) is 137 Å². The van der Waals surface area contributed by atoms with E-state index in [0.717, 1.165) is 42.5 Å². The first kappa shape index (κ1) is 38.3. The van der Waals surface area contributed by atoms with Gasteiger partial charge in [0.05, 0.1) is 15.4 Å². The number of rotatable bonds is 14. The molecule has 12 nitrogen and oxygen atoms in total. The summed E-state index contributed by atoms with van der Waals surface area (Å²) in [6, 6.07) is 33.6. The van der Waals surface area contributed by atoms with Crippen LogP contribution in [0.1, 0.15) is 15.9 Å². The van der Waals surface area contributed by atoms with Crippen LogP contribution in [0.25, 0.3) is 11.1 Å². The van der Waals surface area contributed by atoms with Gasteiger partial charge in [0.15, 0.2) is 0 Å². The van der Waals surface area contributed by atoms with Crippen molar-refractivity contribution in [3.05, 3.63) is 142 Å². The number of carbonyl (C=O) groups is 1. The zero-order valence-electron chi connectivity index (χ0n) is 29.9. The summed E-state index contributed by atoms with van der Waals surface area (Å²) in [6.07, 6.45) is 0. The number of anilines is 2. The summed E-state index contributed by atoms with van der Waals surface area (Å²) in [5.74, 6) is -0.312. The SMILES string of the molecule is CN(C)CCNc1ccc(S(=O)(=O)NC(=O)c2ccc(N3CCN(Cc4ccccc4-c4ccc(Cl)cc4)CC3)cc2Oc2ccccc2)cc1[N+](=O)[O-]. The van der Waals surface area contributed by atoms with Crippen molar-refractivity contribution >= 4 is 44.6 Å². The van der Waals surface area contributed by atoms with Crippen molar-refractivity contribution in [3.8, 4) is 22.6 Å². The molecule has 280 valence electrons. The van der Waals surface area contributed by atoms with Crippen LogP contribution in [0.15, 0.2) is 120 Å². The number of likely N-dealkylation sites (N-methyl/N-ethyl adjacent to an activating group) is 1. The van der Waals surface area contributed by atoms with Gasteiger partial charge in [-0.1, -0.05) is 66.2 Å². The third-order valence-electron chi connectivity index (χ3n) is 9.06. The Morgan fingerprint density at radius 1 is 0.889 bits per heavy atom. The van der Waals surface area contributed by atoms with E-state index in [4.69, 9.17) is 16.3 Å². The highest BCUT2D eigenvalue weighted by Gasteiger charge is 2.27. The second-order valence-electron chi connectivity index (χ2n) is 13.1. The average molecular weight is 769 g/mol. The van der Waals surface area contributed by atoms with Crippen LogP contribution >= 0.6 is 11.6 Å². The van der Waals surface area contributed by atoms with Crippen molar-refractivity contribution in [2.75, 3.05) is 63.6 Å². The van der Waals surface area contributed by atoms with E-state index >= 15 is 0 Å². The molecule has 1 fully saturated rings. The maximum Gasteiger partial charge on any atom is 0.293 e. The molecular weight excluding hydrogens is 728 g/mol. The van der Waals surface area contributed by atoms with Gasteiger partial charge in [0.2, 0.25) is 0 Å². The fourth-order valence-electron chi connectivity index (χ4n) is 6.20. The Morgan fingerprint density at radius 2 is 1.59 bits per heavy atom. The van der Waals surface area contributed by atoms with Crippen LogP contribution in [0.2, 0.25) is 5.02 Å². The monoisotopic (exact) mass is 768 g/mol. The molecule has 2 N–H and O–H groups in total. The molecule has 0 aromatic heterocycles. The van der Waals surface area contributed by atoms with Crippen molar-refractivity contribution in [1.82, 2.24) is 14.5 Å². The summed E-state index contributed by atoms with van der Waals surface area (Å²) in [4.78, 5) is 30.9. The van der Waals surface area contributed by atoms with E-state index in [1.165, 1.54) is 23.8 Å². The molecule has 1 aliphatic heterocycles. The van der Waals surface area contributed by atoms with E-state index in [2.05, 4.69) is 32.0 Å². The zero-order chi connectivity index (χ0) is 38.2. The Balaban J connectivity index is 1.18. The number of halogens is 1. The summed E-state index contributed by atoms with van der Waals surface area (Å²) in [5, 5.41) is 15.5. The average Bonchev–Trinajstić information content (AvgIpc) is 3.16. The lowest BCUT2D eigenvalue weighted by Crippen LogP contribution is -2.46. The first-order chi connectivity index (χ1) is 26.0. The largest absolute Gasteiger partial charge is 0.456 e. The quantitative estimate of drug-likeness (QED) is 0.0888. The molecule has 0 spiro atoms. The number of benzene rings is 5. The number of piperazine rings is 1. The van der Waals surface area contributed by atoms with Crippen LogP contribution in [0, 0.1) is 10.1 Å². The molecule has 0 radical (unpaired) electrons. The van der Waals surface area contributed by atoms with Crippen molar-refractivity contribution in [2.24, 2.45) is 0 Å². The molecule has 1 amide bonds. The molecular formula is C40H41ClN6O6S. The van der Waals surface area contributed by atoms with Crippen LogP contribution in [0.4, 0.5) is 17.1 Å². The summed E-state index contributed by atoms with van der Waals surface area (Å²) < 4.78 is 35.1. The summed E-state index contributed by atoms with van der Waals surface area (Å²) in [5.41, 5.74) is 4.04. The maximum atomic E-state index is 13.6. The number of nitrogens with zero attached hydrogens (tertiary/aromatic N) is 4. The fourth-order valence-corrected chi connectivity index (χ4v) is 7.31. The van der Waals surface area contributed by atoms with Crippen molar-refractivity contribution in [3.63, 3.8) is 0 Å². The fraction of sp³-hybridized carbons (Fsp3) is 0.225. The summed E-state index contributed by atoms with van der Waals surface area (Å²) in [6.45, 7) is 4.81. The van der Waals surface area contributed by atoms with Gasteiger partial charge >= 0.3 is 0 Å². The highest BCUT2D eigenvalue weighted by atomic mass is 35.5. The Hall–Kier alpha value is -5.47. The molecule has 0 atom stereocenters. The molecule has 0 unspecified atom stereocenters. The predicted octanol–water partition coefficient (Wildman–Crippen LogP) is 7.12. The number of para-hydroxylation sites is 1. The van der Waals surface area contributed by atoms with Gasteiger partial charge in [-0.15, -0.1) is 0 Å². The maximum absolute atomic E-state index is 13.6. The lowest BCUT2D eigenvalue weighted by molar-refractivity contribution is -0.384. The molecule has 0 saturated carbocycles. The van der Waals surface area contributed by atoms with E-state index in [9.17, 15) is 23.3 Å². The van der Waals surface area contributed by atoms with Gasteiger partial charge in [-0.05, 0) is 79.3 Å². The van der Waals surface area contributed by atoms with Gasteiger partial charge in [-0.3, -0.25) is 19.8 Å². The lowest BCUT2D eigenvalue weighted by atomic mass is 9.99. The molecule has 1 aliphatic rings. The molecule has 1 saturated heterocycles. The molecule has 6 rings (SSSR count). The summed E-state index contributed by atoms with van der Waals surface area (Å²) in [7, 11) is -0.774. The number of hydrogen-bond acceptors (Lipinski definition) is 10. The smallest absolute Gasteiger partial charge is 0.293 e. The van der Waals surface area contributed by atoms with Crippen LogP contribution in [0.3, 0.4) is 0 Å². The number of hydrogen-bond donors (Lipinski definition) is 2. The zero-order valence-corrected chi connectivity index (χ0v) is 31.5. The lowest BCUT2D eigenvalue weighted by Gasteiger charge is -2.36. The highest BCUT2D eigenvalue weighted by molar-refractivity contribution is 7.90. The number of sulfonamides is 1. The van der Waals surface area contributed by atoms with Crippen molar-refractivity contribution < 1.29 is 22.9 Å². The Bertz CT molecular complexity index is 2210. The Labute approximate surface area is 320 Å². The Morgan fingerprint density at radius 3 is 2.30 bits per heavy atom. The molecule has 5 aromatic rings. The van der Waals surface area contributed by atoms with Crippen LogP contribution in [-0.2, 0) is 16.6 Å². The van der Waals surface area contributed by atoms with Gasteiger partial charge < -0.3 is 19.9 Å². The molecule has 1 heterocycles. The summed E-state index contributed by atoms with van der Waals surface area (Å²) >= 11 is 6.13. The van der Waals surface area contributed by atoms with Gasteiger partial charge in [0.1, 0.15) is 17.2 Å². The minimum atomic E-state index is -4.51. The first-order valence-corrected chi connectivity index (χ1v) is 19.3. The van der Waals surface area contributed by atoms with E-state index < -0.39 is 31.4 Å². The first-order valence-electron chi connectivity index (χ1n) is 17.4. The molecule has 5 aromatic carbocycles. The number of nitro groups is 1. The molecule has 0 bridgehead atoms. The number of nitro benzene ring substituents is 1. The van der Waals surface area contributed by atoms with Crippen molar-refractivity contribution in [2.45, 2.75) is 11.4 Å². The second-order valence-corrected chi connectivity index (χ2v) is 15.2. The standard InChI is InChI=1S/C40H41ClN6O6S/c1-44(2)21-20-42-37-19-17-34(27-38(37)47(49)50)54(51,52)43-40(48)36-18-16-32(26-39(36)53-33-9-4-3-5-10-33)46-24-22-45(23-25-46)28-30-8-6-7-11-35(30)29-12-14-31(41)15-13-29/h3-19,26-27,42H,20-25,28H2,1-2H3,(H,43,48). The van der Waals surface area contributed by atoms with Gasteiger partial charge in [0.25, 0.3) is 21.6 Å². The van der Waals surface area contributed by atoms with E-state index in [1.54, 1.807) is 36.4 Å². The third-order valence-corrected chi connectivity index (χ3v) is 10.6. The minimum absolute atomic E-state index is 0.0138. The van der Waals surface area contributed by atoms with E-state index in [0.29, 0.717) is 37.0 Å². The van der Waals surface area contributed by atoms with Gasteiger partial charge in [0, 0.05) is 68.7 Å². The second kappa shape index (κ2) is 17.1. The molecule has 0 aliphatic carbocycles. The highest BCUT2D eigenvalue weighted by Crippen LogP contribution is 2.33. The van der Waals surface area contributed by atoms with Gasteiger partial charge in [-0.2, -0.15) is 0 Å². The van der Waals surface area contributed by atoms with Crippen LogP contribution in [-0.4, -0.2) is 82.4 Å². The number of ether oxygens (including phenoxy) is 1. The Kier molecular flexibility index (Phi) is 12.1. The normalized spacial score (nSPS) is 13.4.